The zero-order chi connectivity index (χ0) is 13.2. The quantitative estimate of drug-likeness (QED) is 0.877. The second-order valence-electron chi connectivity index (χ2n) is 4.48. The normalized spacial score (nSPS) is 17.0. The fraction of sp³-hybridized carbons (Fsp3) is 0.538. The highest BCUT2D eigenvalue weighted by Gasteiger charge is 2.31. The Morgan fingerprint density at radius 3 is 2.39 bits per heavy atom. The molecule has 2 rings (SSSR count). The average Bonchev–Trinajstić information content (AvgIpc) is 2.38. The van der Waals surface area contributed by atoms with Gasteiger partial charge in [-0.25, -0.2) is 0 Å². The van der Waals surface area contributed by atoms with E-state index in [0.717, 1.165) is 31.7 Å². The number of alkyl halides is 3. The molecule has 0 aliphatic carbocycles. The molecule has 0 spiro atoms. The van der Waals surface area contributed by atoms with Crippen molar-refractivity contribution < 1.29 is 13.2 Å². The Labute approximate surface area is 105 Å². The minimum atomic E-state index is -4.27. The van der Waals surface area contributed by atoms with E-state index < -0.39 is 11.7 Å². The fourth-order valence-electron chi connectivity index (χ4n) is 2.15. The first-order chi connectivity index (χ1) is 8.50. The molecule has 0 atom stereocenters. The third-order valence-electron chi connectivity index (χ3n) is 3.20. The monoisotopic (exact) mass is 258 g/mol. The van der Waals surface area contributed by atoms with Gasteiger partial charge in [0.05, 0.1) is 5.56 Å². The van der Waals surface area contributed by atoms with Crippen molar-refractivity contribution in [1.82, 2.24) is 5.32 Å². The zero-order valence-electron chi connectivity index (χ0n) is 10.3. The first-order valence-electron chi connectivity index (χ1n) is 6.17. The van der Waals surface area contributed by atoms with Crippen molar-refractivity contribution in [1.29, 1.82) is 0 Å². The average molecular weight is 258 g/mol. The number of halogens is 3. The lowest BCUT2D eigenvalue weighted by Crippen LogP contribution is -2.43. The van der Waals surface area contributed by atoms with Crippen LogP contribution in [0.2, 0.25) is 0 Å². The zero-order valence-corrected chi connectivity index (χ0v) is 10.3. The maximum Gasteiger partial charge on any atom is 0.416 e. The summed E-state index contributed by atoms with van der Waals surface area (Å²) in [5.41, 5.74) is 0.872. The first kappa shape index (κ1) is 13.2. The highest BCUT2D eigenvalue weighted by atomic mass is 19.4. The van der Waals surface area contributed by atoms with Gasteiger partial charge in [0.1, 0.15) is 0 Å². The van der Waals surface area contributed by atoms with E-state index in [2.05, 4.69) is 5.32 Å². The molecular weight excluding hydrogens is 241 g/mol. The van der Waals surface area contributed by atoms with Crippen LogP contribution in [-0.4, -0.2) is 26.2 Å². The highest BCUT2D eigenvalue weighted by molar-refractivity contribution is 5.52. The summed E-state index contributed by atoms with van der Waals surface area (Å²) in [5, 5.41) is 3.19. The summed E-state index contributed by atoms with van der Waals surface area (Å²) in [7, 11) is 0. The van der Waals surface area contributed by atoms with Gasteiger partial charge in [0.15, 0.2) is 0 Å². The molecule has 0 bridgehead atoms. The number of nitrogens with zero attached hydrogens (tertiary/aromatic N) is 1. The molecule has 1 aliphatic heterocycles. The van der Waals surface area contributed by atoms with E-state index in [0.29, 0.717) is 12.1 Å². The summed E-state index contributed by atoms with van der Waals surface area (Å²) < 4.78 is 38.5. The van der Waals surface area contributed by atoms with Crippen LogP contribution in [0, 0.1) is 0 Å². The third kappa shape index (κ3) is 2.96. The Bertz CT molecular complexity index is 409. The van der Waals surface area contributed by atoms with Gasteiger partial charge in [-0.05, 0) is 30.2 Å². The van der Waals surface area contributed by atoms with Gasteiger partial charge in [-0.15, -0.1) is 0 Å². The van der Waals surface area contributed by atoms with E-state index in [1.807, 2.05) is 17.9 Å². The number of aryl methyl sites for hydroxylation is 1. The Morgan fingerprint density at radius 2 is 1.83 bits per heavy atom. The van der Waals surface area contributed by atoms with Crippen LogP contribution < -0.4 is 10.2 Å². The summed E-state index contributed by atoms with van der Waals surface area (Å²) in [6, 6.07) is 4.36. The lowest BCUT2D eigenvalue weighted by molar-refractivity contribution is -0.137. The number of piperazine rings is 1. The van der Waals surface area contributed by atoms with Crippen LogP contribution in [0.1, 0.15) is 18.1 Å². The van der Waals surface area contributed by atoms with Crippen LogP contribution in [0.5, 0.6) is 0 Å². The Kier molecular flexibility index (Phi) is 3.80. The Hall–Kier alpha value is -1.23. The second kappa shape index (κ2) is 5.18. The van der Waals surface area contributed by atoms with Crippen molar-refractivity contribution in [2.75, 3.05) is 31.1 Å². The molecule has 18 heavy (non-hydrogen) atoms. The molecule has 0 saturated carbocycles. The lowest BCUT2D eigenvalue weighted by atomic mass is 10.1. The van der Waals surface area contributed by atoms with Crippen molar-refractivity contribution in [2.24, 2.45) is 0 Å². The number of nitrogens with one attached hydrogen (secondary N) is 1. The molecule has 0 unspecified atom stereocenters. The Morgan fingerprint density at radius 1 is 1.17 bits per heavy atom. The molecule has 1 saturated heterocycles. The van der Waals surface area contributed by atoms with E-state index in [4.69, 9.17) is 0 Å². The van der Waals surface area contributed by atoms with Gasteiger partial charge in [0.2, 0.25) is 0 Å². The van der Waals surface area contributed by atoms with Crippen LogP contribution in [0.25, 0.3) is 0 Å². The summed E-state index contributed by atoms with van der Waals surface area (Å²) in [5.74, 6) is 0. The molecule has 1 fully saturated rings. The van der Waals surface area contributed by atoms with Crippen molar-refractivity contribution in [3.8, 4) is 0 Å². The molecule has 2 nitrogen and oxygen atoms in total. The van der Waals surface area contributed by atoms with Crippen LogP contribution in [0.15, 0.2) is 18.2 Å². The topological polar surface area (TPSA) is 15.3 Å². The highest BCUT2D eigenvalue weighted by Crippen LogP contribution is 2.33. The van der Waals surface area contributed by atoms with Crippen molar-refractivity contribution in [3.63, 3.8) is 0 Å². The number of anilines is 1. The largest absolute Gasteiger partial charge is 0.416 e. The molecule has 1 heterocycles. The number of hydrogen-bond donors (Lipinski definition) is 1. The fourth-order valence-corrected chi connectivity index (χ4v) is 2.15. The lowest BCUT2D eigenvalue weighted by Gasteiger charge is -2.30. The molecular formula is C13H17F3N2. The molecule has 100 valence electrons. The smallest absolute Gasteiger partial charge is 0.369 e. The molecule has 1 N–H and O–H groups in total. The molecule has 0 amide bonds. The van der Waals surface area contributed by atoms with Gasteiger partial charge in [-0.3, -0.25) is 0 Å². The van der Waals surface area contributed by atoms with Gasteiger partial charge < -0.3 is 10.2 Å². The summed E-state index contributed by atoms with van der Waals surface area (Å²) in [4.78, 5) is 2.00. The SMILES string of the molecule is CCc1cc(N2CCNCC2)cc(C(F)(F)F)c1. The van der Waals surface area contributed by atoms with Gasteiger partial charge in [0.25, 0.3) is 0 Å². The van der Waals surface area contributed by atoms with Crippen LogP contribution in [0.4, 0.5) is 18.9 Å². The maximum atomic E-state index is 12.8. The van der Waals surface area contributed by atoms with Crippen molar-refractivity contribution in [3.05, 3.63) is 29.3 Å². The molecule has 1 aromatic carbocycles. The number of rotatable bonds is 2. The van der Waals surface area contributed by atoms with Gasteiger partial charge >= 0.3 is 6.18 Å². The van der Waals surface area contributed by atoms with Crippen LogP contribution in [0.3, 0.4) is 0 Å². The standard InChI is InChI=1S/C13H17F3N2/c1-2-10-7-11(13(14,15)16)9-12(8-10)18-5-3-17-4-6-18/h7-9,17H,2-6H2,1H3. The van der Waals surface area contributed by atoms with E-state index >= 15 is 0 Å². The second-order valence-corrected chi connectivity index (χ2v) is 4.48. The number of hydrogen-bond acceptors (Lipinski definition) is 2. The van der Waals surface area contributed by atoms with Gasteiger partial charge in [-0.1, -0.05) is 6.92 Å². The van der Waals surface area contributed by atoms with Gasteiger partial charge in [-0.2, -0.15) is 13.2 Å². The number of benzene rings is 1. The van der Waals surface area contributed by atoms with Gasteiger partial charge in [0, 0.05) is 31.9 Å². The maximum absolute atomic E-state index is 12.8. The van der Waals surface area contributed by atoms with E-state index in [-0.39, 0.29) is 0 Å². The van der Waals surface area contributed by atoms with Crippen molar-refractivity contribution in [2.45, 2.75) is 19.5 Å². The first-order valence-corrected chi connectivity index (χ1v) is 6.17. The van der Waals surface area contributed by atoms with E-state index in [1.54, 1.807) is 0 Å². The predicted molar refractivity (Wildman–Crippen MR) is 65.9 cm³/mol. The van der Waals surface area contributed by atoms with Crippen LogP contribution in [-0.2, 0) is 12.6 Å². The Balaban J connectivity index is 2.34. The molecule has 5 heteroatoms. The minimum Gasteiger partial charge on any atom is -0.369 e. The van der Waals surface area contributed by atoms with Crippen molar-refractivity contribution >= 4 is 5.69 Å². The van der Waals surface area contributed by atoms with Crippen LogP contribution >= 0.6 is 0 Å². The predicted octanol–water partition coefficient (Wildman–Crippen LogP) is 2.68. The van der Waals surface area contributed by atoms with E-state index in [1.165, 1.54) is 12.1 Å². The molecule has 0 radical (unpaired) electrons. The third-order valence-corrected chi connectivity index (χ3v) is 3.20. The van der Waals surface area contributed by atoms with E-state index in [9.17, 15) is 13.2 Å². The minimum absolute atomic E-state index is 0.546. The molecule has 1 aliphatic rings. The summed E-state index contributed by atoms with van der Waals surface area (Å²) in [6.45, 7) is 5.02. The molecule has 1 aromatic rings. The summed E-state index contributed by atoms with van der Waals surface area (Å²) >= 11 is 0. The summed E-state index contributed by atoms with van der Waals surface area (Å²) in [6.07, 6.45) is -3.66. The molecule has 0 aromatic heterocycles.